The summed E-state index contributed by atoms with van der Waals surface area (Å²) in [7, 11) is -3.62. The van der Waals surface area contributed by atoms with Crippen molar-refractivity contribution in [2.24, 2.45) is 0 Å². The van der Waals surface area contributed by atoms with Gasteiger partial charge < -0.3 is 5.11 Å². The van der Waals surface area contributed by atoms with Gasteiger partial charge in [0, 0.05) is 23.4 Å². The van der Waals surface area contributed by atoms with Gasteiger partial charge in [0.1, 0.15) is 0 Å². The lowest BCUT2D eigenvalue weighted by atomic mass is 10.2. The lowest BCUT2D eigenvalue weighted by Gasteiger charge is -2.09. The van der Waals surface area contributed by atoms with Gasteiger partial charge in [0.15, 0.2) is 0 Å². The zero-order valence-corrected chi connectivity index (χ0v) is 14.6. The van der Waals surface area contributed by atoms with E-state index < -0.39 is 16.0 Å². The number of carbonyl (C=O) groups is 1. The maximum Gasteiger partial charge on any atom is 0.309 e. The number of aryl methyl sites for hydroxylation is 1. The lowest BCUT2D eigenvalue weighted by molar-refractivity contribution is -0.136. The van der Waals surface area contributed by atoms with Crippen molar-refractivity contribution in [1.82, 2.24) is 9.71 Å². The Bertz CT molecular complexity index is 818. The van der Waals surface area contributed by atoms with Crippen LogP contribution >= 0.6 is 22.9 Å². The topological polar surface area (TPSA) is 96.4 Å². The third-order valence-electron chi connectivity index (χ3n) is 2.99. The fraction of sp³-hybridized carbons (Fsp3) is 0.286. The van der Waals surface area contributed by atoms with E-state index in [1.165, 1.54) is 23.5 Å². The van der Waals surface area contributed by atoms with Gasteiger partial charge in [-0.3, -0.25) is 4.79 Å². The molecule has 2 rings (SSSR count). The Morgan fingerprint density at radius 2 is 2.17 bits per heavy atom. The van der Waals surface area contributed by atoms with Crippen LogP contribution in [-0.4, -0.2) is 31.0 Å². The van der Waals surface area contributed by atoms with Gasteiger partial charge in [-0.25, -0.2) is 18.1 Å². The molecule has 0 saturated heterocycles. The molecule has 6 nitrogen and oxygen atoms in total. The average Bonchev–Trinajstić information content (AvgIpc) is 2.84. The highest BCUT2D eigenvalue weighted by Crippen LogP contribution is 2.19. The Kier molecular flexibility index (Phi) is 5.74. The van der Waals surface area contributed by atoms with Crippen LogP contribution < -0.4 is 4.72 Å². The first-order chi connectivity index (χ1) is 10.8. The van der Waals surface area contributed by atoms with Crippen LogP contribution in [0.5, 0.6) is 0 Å². The van der Waals surface area contributed by atoms with Gasteiger partial charge in [-0.1, -0.05) is 11.6 Å². The number of nitrogens with one attached hydrogen (secondary N) is 1. The van der Waals surface area contributed by atoms with Crippen LogP contribution in [0.2, 0.25) is 5.02 Å². The molecule has 1 heterocycles. The predicted octanol–water partition coefficient (Wildman–Crippen LogP) is 2.25. The quantitative estimate of drug-likeness (QED) is 0.774. The first-order valence-corrected chi connectivity index (χ1v) is 9.43. The molecule has 0 saturated carbocycles. The van der Waals surface area contributed by atoms with Crippen molar-refractivity contribution in [2.75, 3.05) is 6.54 Å². The minimum absolute atomic E-state index is 0.133. The Morgan fingerprint density at radius 1 is 1.43 bits per heavy atom. The zero-order valence-electron chi connectivity index (χ0n) is 12.2. The van der Waals surface area contributed by atoms with Crippen LogP contribution in [0.4, 0.5) is 0 Å². The Balaban J connectivity index is 1.97. The van der Waals surface area contributed by atoms with Crippen molar-refractivity contribution >= 4 is 38.9 Å². The minimum Gasteiger partial charge on any atom is -0.481 e. The van der Waals surface area contributed by atoms with Crippen molar-refractivity contribution in [3.63, 3.8) is 0 Å². The van der Waals surface area contributed by atoms with Crippen molar-refractivity contribution < 1.29 is 18.3 Å². The normalized spacial score (nSPS) is 11.6. The van der Waals surface area contributed by atoms with E-state index in [4.69, 9.17) is 16.7 Å². The van der Waals surface area contributed by atoms with E-state index in [1.54, 1.807) is 18.4 Å². The molecule has 0 aliphatic rings. The van der Waals surface area contributed by atoms with E-state index in [0.29, 0.717) is 27.7 Å². The van der Waals surface area contributed by atoms with Crippen molar-refractivity contribution in [3.8, 4) is 0 Å². The van der Waals surface area contributed by atoms with Gasteiger partial charge in [0.05, 0.1) is 22.0 Å². The van der Waals surface area contributed by atoms with E-state index in [2.05, 4.69) is 9.71 Å². The number of sulfonamides is 1. The number of carboxylic acid groups (broad SMARTS) is 1. The number of rotatable bonds is 7. The molecule has 0 spiro atoms. The maximum atomic E-state index is 12.3. The highest BCUT2D eigenvalue weighted by Gasteiger charge is 2.16. The van der Waals surface area contributed by atoms with Crippen molar-refractivity contribution in [2.45, 2.75) is 24.7 Å². The van der Waals surface area contributed by atoms with E-state index in [9.17, 15) is 13.2 Å². The zero-order chi connectivity index (χ0) is 17.0. The van der Waals surface area contributed by atoms with Crippen LogP contribution in [0.15, 0.2) is 28.5 Å². The van der Waals surface area contributed by atoms with E-state index in [1.807, 2.05) is 0 Å². The summed E-state index contributed by atoms with van der Waals surface area (Å²) in [5.74, 6) is -0.944. The molecule has 2 aromatic rings. The van der Waals surface area contributed by atoms with Crippen molar-refractivity contribution in [1.29, 1.82) is 0 Å². The molecule has 0 aliphatic heterocycles. The SMILES string of the molecule is Cc1cc(Cl)ccc1S(=O)(=O)NCCc1nc(CC(=O)O)cs1. The van der Waals surface area contributed by atoms with E-state index in [0.717, 1.165) is 0 Å². The molecule has 23 heavy (non-hydrogen) atoms. The number of hydrogen-bond acceptors (Lipinski definition) is 5. The number of benzene rings is 1. The van der Waals surface area contributed by atoms with Gasteiger partial charge in [-0.05, 0) is 30.7 Å². The summed E-state index contributed by atoms with van der Waals surface area (Å²) in [4.78, 5) is 14.9. The van der Waals surface area contributed by atoms with Crippen LogP contribution in [0.25, 0.3) is 0 Å². The molecule has 0 fully saturated rings. The number of hydrogen-bond donors (Lipinski definition) is 2. The van der Waals surface area contributed by atoms with Gasteiger partial charge in [-0.15, -0.1) is 11.3 Å². The second-order valence-corrected chi connectivity index (χ2v) is 7.98. The lowest BCUT2D eigenvalue weighted by Crippen LogP contribution is -2.26. The number of nitrogens with zero attached hydrogens (tertiary/aromatic N) is 1. The van der Waals surface area contributed by atoms with Crippen LogP contribution in [-0.2, 0) is 27.7 Å². The second-order valence-electron chi connectivity index (χ2n) is 4.86. The van der Waals surface area contributed by atoms with Crippen LogP contribution in [0.1, 0.15) is 16.3 Å². The fourth-order valence-electron chi connectivity index (χ4n) is 1.98. The van der Waals surface area contributed by atoms with Crippen LogP contribution in [0.3, 0.4) is 0 Å². The Morgan fingerprint density at radius 3 is 2.83 bits per heavy atom. The number of carboxylic acids is 1. The molecule has 0 aliphatic carbocycles. The summed E-state index contributed by atoms with van der Waals surface area (Å²) in [6.45, 7) is 1.86. The van der Waals surface area contributed by atoms with Gasteiger partial charge >= 0.3 is 5.97 Å². The molecular weight excluding hydrogens is 360 g/mol. The third-order valence-corrected chi connectivity index (χ3v) is 5.80. The smallest absolute Gasteiger partial charge is 0.309 e. The Hall–Kier alpha value is -1.48. The molecule has 1 aromatic heterocycles. The molecule has 9 heteroatoms. The first kappa shape index (κ1) is 17.9. The van der Waals surface area contributed by atoms with E-state index in [-0.39, 0.29) is 17.9 Å². The highest BCUT2D eigenvalue weighted by molar-refractivity contribution is 7.89. The molecule has 0 bridgehead atoms. The first-order valence-electron chi connectivity index (χ1n) is 6.69. The number of aromatic nitrogens is 1. The van der Waals surface area contributed by atoms with E-state index >= 15 is 0 Å². The second kappa shape index (κ2) is 7.39. The van der Waals surface area contributed by atoms with Crippen LogP contribution in [0, 0.1) is 6.92 Å². The van der Waals surface area contributed by atoms with Gasteiger partial charge in [0.2, 0.25) is 10.0 Å². The summed E-state index contributed by atoms with van der Waals surface area (Å²) in [6.07, 6.45) is 0.266. The molecule has 124 valence electrons. The van der Waals surface area contributed by atoms with Gasteiger partial charge in [-0.2, -0.15) is 0 Å². The number of halogens is 1. The molecule has 0 amide bonds. The summed E-state index contributed by atoms with van der Waals surface area (Å²) in [5.41, 5.74) is 1.05. The van der Waals surface area contributed by atoms with Gasteiger partial charge in [0.25, 0.3) is 0 Å². The minimum atomic E-state index is -3.62. The molecule has 1 aromatic carbocycles. The molecule has 0 radical (unpaired) electrons. The number of aliphatic carboxylic acids is 1. The summed E-state index contributed by atoms with van der Waals surface area (Å²) in [6, 6.07) is 4.59. The monoisotopic (exact) mass is 374 g/mol. The Labute approximate surface area is 143 Å². The molecule has 0 unspecified atom stereocenters. The maximum absolute atomic E-state index is 12.3. The predicted molar refractivity (Wildman–Crippen MR) is 88.5 cm³/mol. The molecular formula is C14H15ClN2O4S2. The average molecular weight is 375 g/mol. The third kappa shape index (κ3) is 5.00. The van der Waals surface area contributed by atoms with Crippen molar-refractivity contribution in [3.05, 3.63) is 44.9 Å². The molecule has 2 N–H and O–H groups in total. The number of thiazole rings is 1. The fourth-order valence-corrected chi connectivity index (χ4v) is 4.27. The summed E-state index contributed by atoms with van der Waals surface area (Å²) in [5, 5.41) is 11.5. The highest BCUT2D eigenvalue weighted by atomic mass is 35.5. The summed E-state index contributed by atoms with van der Waals surface area (Å²) >= 11 is 7.14. The standard InChI is InChI=1S/C14H15ClN2O4S2/c1-9-6-10(15)2-3-12(9)23(20,21)16-5-4-13-17-11(8-22-13)7-14(18)19/h2-3,6,8,16H,4-5,7H2,1H3,(H,18,19). The largest absolute Gasteiger partial charge is 0.481 e. The molecule has 0 atom stereocenters. The summed E-state index contributed by atoms with van der Waals surface area (Å²) < 4.78 is 27.0.